The third-order valence-electron chi connectivity index (χ3n) is 5.14. The highest BCUT2D eigenvalue weighted by molar-refractivity contribution is 6.07. The van der Waals surface area contributed by atoms with Crippen LogP contribution in [0.5, 0.6) is 0 Å². The molecule has 2 aromatic rings. The molecule has 1 saturated heterocycles. The van der Waals surface area contributed by atoms with Gasteiger partial charge in [-0.3, -0.25) is 9.59 Å². The summed E-state index contributed by atoms with van der Waals surface area (Å²) in [4.78, 5) is 26.4. The Kier molecular flexibility index (Phi) is 3.84. The van der Waals surface area contributed by atoms with Crippen LogP contribution in [0, 0.1) is 11.3 Å². The van der Waals surface area contributed by atoms with Gasteiger partial charge in [0.25, 0.3) is 5.91 Å². The average Bonchev–Trinajstić information content (AvgIpc) is 3.00. The minimum absolute atomic E-state index is 0.00897. The van der Waals surface area contributed by atoms with E-state index in [1.54, 1.807) is 4.90 Å². The van der Waals surface area contributed by atoms with Crippen molar-refractivity contribution in [2.45, 2.75) is 20.3 Å². The van der Waals surface area contributed by atoms with Crippen LogP contribution in [-0.2, 0) is 4.79 Å². The molecular weight excluding hydrogens is 290 g/mol. The van der Waals surface area contributed by atoms with Gasteiger partial charge < -0.3 is 10.0 Å². The summed E-state index contributed by atoms with van der Waals surface area (Å²) in [5.74, 6) is -0.892. The van der Waals surface area contributed by atoms with Crippen LogP contribution in [0.1, 0.15) is 30.6 Å². The van der Waals surface area contributed by atoms with Gasteiger partial charge in [-0.1, -0.05) is 50.2 Å². The van der Waals surface area contributed by atoms with E-state index >= 15 is 0 Å². The number of rotatable bonds is 3. The number of fused-ring (bicyclic) bond motifs is 1. The zero-order chi connectivity index (χ0) is 16.6. The minimum atomic E-state index is -0.833. The van der Waals surface area contributed by atoms with E-state index in [0.717, 1.165) is 10.8 Å². The Hall–Kier alpha value is -2.36. The summed E-state index contributed by atoms with van der Waals surface area (Å²) < 4.78 is 0. The first-order chi connectivity index (χ1) is 11.0. The molecule has 1 unspecified atom stereocenters. The first-order valence-electron chi connectivity index (χ1n) is 7.96. The Bertz CT molecular complexity index is 763. The van der Waals surface area contributed by atoms with Gasteiger partial charge >= 0.3 is 5.97 Å². The van der Waals surface area contributed by atoms with E-state index in [9.17, 15) is 14.7 Å². The standard InChI is InChI=1S/C19H21NO3/c1-13(2)19(18(22)23)10-11-20(12-19)17(21)16-9-5-7-14-6-3-4-8-15(14)16/h3-9,13H,10-12H2,1-2H3,(H,22,23). The maximum absolute atomic E-state index is 12.9. The highest BCUT2D eigenvalue weighted by Gasteiger charge is 2.48. The lowest BCUT2D eigenvalue weighted by Crippen LogP contribution is -2.40. The van der Waals surface area contributed by atoms with Crippen LogP contribution in [-0.4, -0.2) is 35.0 Å². The molecule has 1 fully saturated rings. The van der Waals surface area contributed by atoms with Gasteiger partial charge in [-0.15, -0.1) is 0 Å². The lowest BCUT2D eigenvalue weighted by molar-refractivity contribution is -0.150. The molecule has 23 heavy (non-hydrogen) atoms. The third-order valence-corrected chi connectivity index (χ3v) is 5.14. The number of carboxylic acids is 1. The molecule has 120 valence electrons. The van der Waals surface area contributed by atoms with Crippen molar-refractivity contribution in [3.05, 3.63) is 48.0 Å². The molecule has 2 aromatic carbocycles. The summed E-state index contributed by atoms with van der Waals surface area (Å²) in [6.45, 7) is 4.61. The SMILES string of the molecule is CC(C)C1(C(=O)O)CCN(C(=O)c2cccc3ccccc23)C1. The van der Waals surface area contributed by atoms with Gasteiger partial charge in [-0.2, -0.15) is 0 Å². The average molecular weight is 311 g/mol. The molecule has 1 N–H and O–H groups in total. The molecule has 0 bridgehead atoms. The highest BCUT2D eigenvalue weighted by Crippen LogP contribution is 2.39. The lowest BCUT2D eigenvalue weighted by atomic mass is 9.76. The summed E-state index contributed by atoms with van der Waals surface area (Å²) >= 11 is 0. The zero-order valence-corrected chi connectivity index (χ0v) is 13.5. The smallest absolute Gasteiger partial charge is 0.311 e. The molecule has 4 nitrogen and oxygen atoms in total. The topological polar surface area (TPSA) is 57.6 Å². The zero-order valence-electron chi connectivity index (χ0n) is 13.5. The molecule has 1 atom stereocenters. The number of benzene rings is 2. The van der Waals surface area contributed by atoms with Gasteiger partial charge in [-0.05, 0) is 29.2 Å². The predicted molar refractivity (Wildman–Crippen MR) is 89.4 cm³/mol. The number of hydrogen-bond acceptors (Lipinski definition) is 2. The minimum Gasteiger partial charge on any atom is -0.481 e. The second-order valence-electron chi connectivity index (χ2n) is 6.62. The van der Waals surface area contributed by atoms with Crippen molar-refractivity contribution in [3.63, 3.8) is 0 Å². The van der Waals surface area contributed by atoms with E-state index in [4.69, 9.17) is 0 Å². The Morgan fingerprint density at radius 1 is 1.13 bits per heavy atom. The van der Waals surface area contributed by atoms with Gasteiger partial charge in [-0.25, -0.2) is 0 Å². The van der Waals surface area contributed by atoms with Crippen molar-refractivity contribution in [1.29, 1.82) is 0 Å². The third kappa shape index (κ3) is 2.48. The van der Waals surface area contributed by atoms with Crippen molar-refractivity contribution >= 4 is 22.6 Å². The predicted octanol–water partition coefficient (Wildman–Crippen LogP) is 3.41. The Morgan fingerprint density at radius 3 is 2.48 bits per heavy atom. The molecule has 1 heterocycles. The normalized spacial score (nSPS) is 21.1. The largest absolute Gasteiger partial charge is 0.481 e. The molecule has 4 heteroatoms. The van der Waals surface area contributed by atoms with Gasteiger partial charge in [0.15, 0.2) is 0 Å². The number of aliphatic carboxylic acids is 1. The maximum atomic E-state index is 12.9. The first kappa shape index (κ1) is 15.5. The van der Waals surface area contributed by atoms with E-state index in [1.807, 2.05) is 56.3 Å². The molecule has 1 amide bonds. The Morgan fingerprint density at radius 2 is 1.83 bits per heavy atom. The summed E-state index contributed by atoms with van der Waals surface area (Å²) in [6, 6.07) is 13.4. The summed E-state index contributed by atoms with van der Waals surface area (Å²) in [5, 5.41) is 11.6. The van der Waals surface area contributed by atoms with Crippen LogP contribution >= 0.6 is 0 Å². The van der Waals surface area contributed by atoms with E-state index < -0.39 is 11.4 Å². The van der Waals surface area contributed by atoms with E-state index in [2.05, 4.69) is 0 Å². The van der Waals surface area contributed by atoms with Gasteiger partial charge in [0, 0.05) is 18.7 Å². The number of hydrogen-bond donors (Lipinski definition) is 1. The highest BCUT2D eigenvalue weighted by atomic mass is 16.4. The Labute approximate surface area is 135 Å². The second-order valence-corrected chi connectivity index (χ2v) is 6.62. The maximum Gasteiger partial charge on any atom is 0.311 e. The summed E-state index contributed by atoms with van der Waals surface area (Å²) in [5.41, 5.74) is -0.187. The van der Waals surface area contributed by atoms with Crippen LogP contribution < -0.4 is 0 Å². The molecule has 0 radical (unpaired) electrons. The number of carbonyl (C=O) groups is 2. The van der Waals surface area contributed by atoms with E-state index in [-0.39, 0.29) is 18.4 Å². The molecule has 3 rings (SSSR count). The molecule has 0 spiro atoms. The molecule has 1 aliphatic rings. The van der Waals surface area contributed by atoms with Crippen molar-refractivity contribution in [1.82, 2.24) is 4.90 Å². The molecule has 0 aliphatic carbocycles. The fourth-order valence-corrected chi connectivity index (χ4v) is 3.48. The number of nitrogens with zero attached hydrogens (tertiary/aromatic N) is 1. The fraction of sp³-hybridized carbons (Fsp3) is 0.368. The van der Waals surface area contributed by atoms with Crippen LogP contribution in [0.2, 0.25) is 0 Å². The molecule has 0 saturated carbocycles. The van der Waals surface area contributed by atoms with Gasteiger partial charge in [0.05, 0.1) is 5.41 Å². The van der Waals surface area contributed by atoms with Crippen molar-refractivity contribution < 1.29 is 14.7 Å². The number of carbonyl (C=O) groups excluding carboxylic acids is 1. The monoisotopic (exact) mass is 311 g/mol. The fourth-order valence-electron chi connectivity index (χ4n) is 3.48. The van der Waals surface area contributed by atoms with Gasteiger partial charge in [0.2, 0.25) is 0 Å². The first-order valence-corrected chi connectivity index (χ1v) is 7.96. The van der Waals surface area contributed by atoms with Crippen LogP contribution in [0.4, 0.5) is 0 Å². The quantitative estimate of drug-likeness (QED) is 0.945. The second kappa shape index (κ2) is 5.69. The lowest BCUT2D eigenvalue weighted by Gasteiger charge is -2.28. The number of amides is 1. The molecular formula is C19H21NO3. The van der Waals surface area contributed by atoms with Crippen LogP contribution in [0.25, 0.3) is 10.8 Å². The van der Waals surface area contributed by atoms with Crippen molar-refractivity contribution in [2.24, 2.45) is 11.3 Å². The molecule has 0 aromatic heterocycles. The van der Waals surface area contributed by atoms with Crippen molar-refractivity contribution in [2.75, 3.05) is 13.1 Å². The van der Waals surface area contributed by atoms with Crippen molar-refractivity contribution in [3.8, 4) is 0 Å². The Balaban J connectivity index is 1.94. The van der Waals surface area contributed by atoms with E-state index in [1.165, 1.54) is 0 Å². The van der Waals surface area contributed by atoms with Crippen LogP contribution in [0.15, 0.2) is 42.5 Å². The molecule has 1 aliphatic heterocycles. The number of likely N-dealkylation sites (tertiary alicyclic amines) is 1. The summed E-state index contributed by atoms with van der Waals surface area (Å²) in [6.07, 6.45) is 0.510. The summed E-state index contributed by atoms with van der Waals surface area (Å²) in [7, 11) is 0. The number of carboxylic acid groups (broad SMARTS) is 1. The van der Waals surface area contributed by atoms with E-state index in [0.29, 0.717) is 18.5 Å². The van der Waals surface area contributed by atoms with Gasteiger partial charge in [0.1, 0.15) is 0 Å². The van der Waals surface area contributed by atoms with Crippen LogP contribution in [0.3, 0.4) is 0 Å².